The second kappa shape index (κ2) is 57.9. The third-order valence-corrected chi connectivity index (χ3v) is 1.22. The van der Waals surface area contributed by atoms with Gasteiger partial charge in [0.15, 0.2) is 0 Å². The first kappa shape index (κ1) is 43.3. The summed E-state index contributed by atoms with van der Waals surface area (Å²) in [6, 6.07) is 0. The van der Waals surface area contributed by atoms with Crippen LogP contribution in [-0.2, 0) is 14.2 Å². The monoisotopic (exact) mass is 755 g/mol. The number of rotatable bonds is 6. The molecular weight excluding hydrogens is 723 g/mol. The van der Waals surface area contributed by atoms with Crippen LogP contribution in [0.2, 0.25) is 0 Å². The van der Waals surface area contributed by atoms with E-state index in [1.54, 1.807) is 0 Å². The maximum Gasteiger partial charge on any atom is 3.00 e. The third-order valence-electron chi connectivity index (χ3n) is 1.22. The molecule has 0 aliphatic carbocycles. The SMILES string of the molecule is CCOCC.CCOCC.CCOCC.[I-].[I-].[I-].[Sm+3]. The van der Waals surface area contributed by atoms with Crippen molar-refractivity contribution in [3.05, 3.63) is 0 Å². The second-order valence-electron chi connectivity index (χ2n) is 2.34. The van der Waals surface area contributed by atoms with Gasteiger partial charge in [0.25, 0.3) is 0 Å². The van der Waals surface area contributed by atoms with Gasteiger partial charge >= 0.3 is 40.4 Å². The normalized spacial score (nSPS) is 6.63. The number of halogens is 3. The molecule has 3 nitrogen and oxygen atoms in total. The van der Waals surface area contributed by atoms with Gasteiger partial charge in [-0.2, -0.15) is 0 Å². The molecule has 0 atom stereocenters. The van der Waals surface area contributed by atoms with Crippen molar-refractivity contribution in [3.8, 4) is 0 Å². The van der Waals surface area contributed by atoms with Crippen LogP contribution in [-0.4, -0.2) is 39.6 Å². The Morgan fingerprint density at radius 1 is 0.421 bits per heavy atom. The van der Waals surface area contributed by atoms with Crippen LogP contribution in [0, 0.1) is 40.4 Å². The van der Waals surface area contributed by atoms with Crippen LogP contribution in [0.25, 0.3) is 0 Å². The maximum atomic E-state index is 4.83. The molecule has 0 aromatic heterocycles. The van der Waals surface area contributed by atoms with E-state index >= 15 is 0 Å². The van der Waals surface area contributed by atoms with Crippen molar-refractivity contribution in [2.45, 2.75) is 41.5 Å². The van der Waals surface area contributed by atoms with E-state index in [0.29, 0.717) is 0 Å². The van der Waals surface area contributed by atoms with E-state index in [-0.39, 0.29) is 112 Å². The molecule has 0 spiro atoms. The van der Waals surface area contributed by atoms with Crippen molar-refractivity contribution in [1.82, 2.24) is 0 Å². The van der Waals surface area contributed by atoms with Crippen molar-refractivity contribution in [2.75, 3.05) is 39.6 Å². The molecule has 0 aliphatic rings. The molecule has 0 saturated heterocycles. The van der Waals surface area contributed by atoms with Gasteiger partial charge in [-0.15, -0.1) is 0 Å². The molecule has 0 unspecified atom stereocenters. The van der Waals surface area contributed by atoms with E-state index in [1.807, 2.05) is 41.5 Å². The largest absolute Gasteiger partial charge is 3.00 e. The number of hydrogen-bond acceptors (Lipinski definition) is 3. The van der Waals surface area contributed by atoms with Crippen LogP contribution >= 0.6 is 0 Å². The zero-order valence-electron chi connectivity index (χ0n) is 13.0. The van der Waals surface area contributed by atoms with Gasteiger partial charge in [0.1, 0.15) is 0 Å². The Kier molecular flexibility index (Phi) is 132. The molecule has 7 heteroatoms. The van der Waals surface area contributed by atoms with Crippen LogP contribution in [0.5, 0.6) is 0 Å². The molecule has 0 aromatic rings. The average molecular weight is 753 g/mol. The molecule has 0 saturated carbocycles. The molecule has 1 radical (unpaired) electrons. The van der Waals surface area contributed by atoms with Gasteiger partial charge < -0.3 is 86.1 Å². The van der Waals surface area contributed by atoms with Gasteiger partial charge in [0, 0.05) is 39.6 Å². The number of hydrogen-bond donors (Lipinski definition) is 0. The van der Waals surface area contributed by atoms with Gasteiger partial charge in [-0.25, -0.2) is 0 Å². The van der Waals surface area contributed by atoms with E-state index in [2.05, 4.69) is 0 Å². The predicted molar refractivity (Wildman–Crippen MR) is 66.5 cm³/mol. The average Bonchev–Trinajstić information content (AvgIpc) is 2.23. The molecule has 0 fully saturated rings. The van der Waals surface area contributed by atoms with Crippen molar-refractivity contribution in [2.24, 2.45) is 0 Å². The van der Waals surface area contributed by atoms with Crippen LogP contribution in [0.15, 0.2) is 0 Å². The van der Waals surface area contributed by atoms with Gasteiger partial charge in [-0.05, 0) is 41.5 Å². The van der Waals surface area contributed by atoms with Crippen LogP contribution in [0.3, 0.4) is 0 Å². The molecule has 0 amide bonds. The summed E-state index contributed by atoms with van der Waals surface area (Å²) < 4.78 is 14.5. The minimum Gasteiger partial charge on any atom is -1.00 e. The Bertz CT molecular complexity index is 65.0. The summed E-state index contributed by atoms with van der Waals surface area (Å²) >= 11 is 0. The van der Waals surface area contributed by atoms with E-state index in [9.17, 15) is 0 Å². The van der Waals surface area contributed by atoms with Crippen LogP contribution < -0.4 is 71.9 Å². The fraction of sp³-hybridized carbons (Fsp3) is 1.00. The molecule has 123 valence electrons. The Morgan fingerprint density at radius 2 is 0.526 bits per heavy atom. The smallest absolute Gasteiger partial charge is 1.00 e. The summed E-state index contributed by atoms with van der Waals surface area (Å²) in [6.07, 6.45) is 0. The van der Waals surface area contributed by atoms with Crippen LogP contribution in [0.4, 0.5) is 0 Å². The molecule has 0 rings (SSSR count). The van der Waals surface area contributed by atoms with Crippen molar-refractivity contribution >= 4 is 0 Å². The van der Waals surface area contributed by atoms with E-state index < -0.39 is 0 Å². The third kappa shape index (κ3) is 91.1. The molecule has 0 N–H and O–H groups in total. The van der Waals surface area contributed by atoms with E-state index in [0.717, 1.165) is 39.6 Å². The predicted octanol–water partition coefficient (Wildman–Crippen LogP) is -5.86. The molecular formula is C12H30I3O3Sm. The van der Waals surface area contributed by atoms with Crippen LogP contribution in [0.1, 0.15) is 41.5 Å². The second-order valence-corrected chi connectivity index (χ2v) is 2.34. The zero-order chi connectivity index (χ0) is 12.4. The first-order valence-corrected chi connectivity index (χ1v) is 5.97. The van der Waals surface area contributed by atoms with Crippen molar-refractivity contribution in [3.63, 3.8) is 0 Å². The van der Waals surface area contributed by atoms with Crippen molar-refractivity contribution < 1.29 is 127 Å². The summed E-state index contributed by atoms with van der Waals surface area (Å²) in [4.78, 5) is 0. The Balaban J connectivity index is -0.0000000206. The van der Waals surface area contributed by atoms with Gasteiger partial charge in [-0.3, -0.25) is 0 Å². The first-order chi connectivity index (χ1) is 7.24. The summed E-state index contributed by atoms with van der Waals surface area (Å²) in [5, 5.41) is 0. The maximum absolute atomic E-state index is 4.83. The Morgan fingerprint density at radius 3 is 0.526 bits per heavy atom. The van der Waals surface area contributed by atoms with Gasteiger partial charge in [0.2, 0.25) is 0 Å². The summed E-state index contributed by atoms with van der Waals surface area (Å²) in [7, 11) is 0. The molecule has 0 aromatic carbocycles. The first-order valence-electron chi connectivity index (χ1n) is 5.97. The standard InChI is InChI=1S/3C4H10O.3HI.Sm/c3*1-3-5-4-2;;;;/h3*3-4H2,1-2H3;3*1H;/q;;;;;;+3/p-3. The summed E-state index contributed by atoms with van der Waals surface area (Å²) in [5.41, 5.74) is 0. The Labute approximate surface area is 204 Å². The minimum absolute atomic E-state index is 0. The van der Waals surface area contributed by atoms with E-state index in [1.165, 1.54) is 0 Å². The molecule has 0 bridgehead atoms. The quantitative estimate of drug-likeness (QED) is 0.254. The zero-order valence-corrected chi connectivity index (χ0v) is 22.1. The Hall–Kier alpha value is 3.41. The number of ether oxygens (including phenoxy) is 3. The van der Waals surface area contributed by atoms with Gasteiger partial charge in [0.05, 0.1) is 0 Å². The topological polar surface area (TPSA) is 27.7 Å². The summed E-state index contributed by atoms with van der Waals surface area (Å²) in [6.45, 7) is 17.0. The van der Waals surface area contributed by atoms with Crippen molar-refractivity contribution in [1.29, 1.82) is 0 Å². The van der Waals surface area contributed by atoms with E-state index in [4.69, 9.17) is 14.2 Å². The fourth-order valence-electron chi connectivity index (χ4n) is 0.612. The molecule has 0 aliphatic heterocycles. The fourth-order valence-corrected chi connectivity index (χ4v) is 0.612. The minimum atomic E-state index is 0. The van der Waals surface area contributed by atoms with Gasteiger partial charge in [-0.1, -0.05) is 0 Å². The molecule has 19 heavy (non-hydrogen) atoms. The molecule has 0 heterocycles. The summed E-state index contributed by atoms with van der Waals surface area (Å²) in [5.74, 6) is 0.